The molecule has 3 aromatic carbocycles. The smallest absolute Gasteiger partial charge is 0.225 e. The molecule has 0 bridgehead atoms. The van der Waals surface area contributed by atoms with E-state index in [1.165, 1.54) is 0 Å². The predicted molar refractivity (Wildman–Crippen MR) is 161 cm³/mol. The largest absolute Gasteiger partial charge is 0.493 e. The molecule has 0 unspecified atom stereocenters. The van der Waals surface area contributed by atoms with Gasteiger partial charge in [-0.3, -0.25) is 0 Å². The van der Waals surface area contributed by atoms with Crippen LogP contribution in [0.1, 0.15) is 36.8 Å². The standard InChI is InChI=1S/C32H39N5O3/c1-37(2)31-26-12-8-9-13-27(26)35-32(36-31)34-25-16-14-24(15-17-25)33-20-23-18-29(38-3)30(39-4)19-28(23)40-21-22-10-6-5-7-11-22/h5-13,18-19,24-25,33H,14-17,20-21H2,1-4H3,(H,34,35,36)/t24-,25+. The van der Waals surface area contributed by atoms with E-state index in [-0.39, 0.29) is 0 Å². The van der Waals surface area contributed by atoms with Crippen molar-refractivity contribution in [3.8, 4) is 17.2 Å². The number of hydrogen-bond donors (Lipinski definition) is 2. The molecule has 210 valence electrons. The van der Waals surface area contributed by atoms with E-state index >= 15 is 0 Å². The third-order valence-electron chi connectivity index (χ3n) is 7.45. The summed E-state index contributed by atoms with van der Waals surface area (Å²) >= 11 is 0. The van der Waals surface area contributed by atoms with Gasteiger partial charge in [-0.05, 0) is 49.4 Å². The first-order chi connectivity index (χ1) is 19.5. The minimum atomic E-state index is 0.347. The molecule has 8 heteroatoms. The fraction of sp³-hybridized carbons (Fsp3) is 0.375. The zero-order valence-electron chi connectivity index (χ0n) is 23.8. The van der Waals surface area contributed by atoms with E-state index in [9.17, 15) is 0 Å². The van der Waals surface area contributed by atoms with Crippen LogP contribution in [0, 0.1) is 0 Å². The van der Waals surface area contributed by atoms with Crippen molar-refractivity contribution < 1.29 is 14.2 Å². The molecule has 1 aliphatic rings. The maximum absolute atomic E-state index is 6.24. The first-order valence-electron chi connectivity index (χ1n) is 13.9. The Kier molecular flexibility index (Phi) is 8.86. The molecule has 0 spiro atoms. The number of rotatable bonds is 11. The van der Waals surface area contributed by atoms with Crippen LogP contribution in [-0.2, 0) is 13.2 Å². The third-order valence-corrected chi connectivity index (χ3v) is 7.45. The molecule has 1 saturated carbocycles. The van der Waals surface area contributed by atoms with Gasteiger partial charge in [-0.1, -0.05) is 42.5 Å². The summed E-state index contributed by atoms with van der Waals surface area (Å²) in [7, 11) is 7.35. The molecule has 5 rings (SSSR count). The van der Waals surface area contributed by atoms with Crippen molar-refractivity contribution in [2.75, 3.05) is 38.5 Å². The van der Waals surface area contributed by atoms with Crippen LogP contribution >= 0.6 is 0 Å². The van der Waals surface area contributed by atoms with E-state index in [0.29, 0.717) is 42.7 Å². The van der Waals surface area contributed by atoms with Gasteiger partial charge in [0.05, 0.1) is 19.7 Å². The molecule has 1 aromatic heterocycles. The maximum Gasteiger partial charge on any atom is 0.225 e. The van der Waals surface area contributed by atoms with E-state index in [0.717, 1.165) is 59.3 Å². The number of anilines is 2. The van der Waals surface area contributed by atoms with Crippen molar-refractivity contribution in [2.24, 2.45) is 0 Å². The van der Waals surface area contributed by atoms with Crippen molar-refractivity contribution in [1.82, 2.24) is 15.3 Å². The van der Waals surface area contributed by atoms with Crippen LogP contribution < -0.4 is 29.7 Å². The van der Waals surface area contributed by atoms with Crippen LogP contribution in [0.25, 0.3) is 10.9 Å². The second kappa shape index (κ2) is 12.9. The Hall–Kier alpha value is -4.04. The second-order valence-corrected chi connectivity index (χ2v) is 10.4. The molecule has 0 radical (unpaired) electrons. The zero-order chi connectivity index (χ0) is 27.9. The quantitative estimate of drug-likeness (QED) is 0.246. The van der Waals surface area contributed by atoms with Crippen molar-refractivity contribution in [3.63, 3.8) is 0 Å². The summed E-state index contributed by atoms with van der Waals surface area (Å²) in [6.45, 7) is 1.18. The van der Waals surface area contributed by atoms with Crippen LogP contribution in [0.5, 0.6) is 17.2 Å². The fourth-order valence-corrected chi connectivity index (χ4v) is 5.25. The normalized spacial score (nSPS) is 16.9. The van der Waals surface area contributed by atoms with E-state index in [4.69, 9.17) is 24.2 Å². The van der Waals surface area contributed by atoms with Crippen molar-refractivity contribution >= 4 is 22.7 Å². The highest BCUT2D eigenvalue weighted by Gasteiger charge is 2.23. The Balaban J connectivity index is 1.20. The summed E-state index contributed by atoms with van der Waals surface area (Å²) in [6, 6.07) is 23.0. The first-order valence-corrected chi connectivity index (χ1v) is 13.9. The van der Waals surface area contributed by atoms with Crippen LogP contribution in [0.2, 0.25) is 0 Å². The predicted octanol–water partition coefficient (Wildman–Crippen LogP) is 5.80. The summed E-state index contributed by atoms with van der Waals surface area (Å²) in [6.07, 6.45) is 4.24. The lowest BCUT2D eigenvalue weighted by molar-refractivity contribution is 0.293. The van der Waals surface area contributed by atoms with Crippen LogP contribution in [0.15, 0.2) is 66.7 Å². The number of fused-ring (bicyclic) bond motifs is 1. The molecule has 0 atom stereocenters. The van der Waals surface area contributed by atoms with Gasteiger partial charge in [-0.15, -0.1) is 0 Å². The van der Waals surface area contributed by atoms with E-state index in [1.807, 2.05) is 67.5 Å². The van der Waals surface area contributed by atoms with Gasteiger partial charge in [0.25, 0.3) is 0 Å². The van der Waals surface area contributed by atoms with Crippen LogP contribution in [0.3, 0.4) is 0 Å². The van der Waals surface area contributed by atoms with Crippen molar-refractivity contribution in [1.29, 1.82) is 0 Å². The minimum absolute atomic E-state index is 0.347. The van der Waals surface area contributed by atoms with E-state index < -0.39 is 0 Å². The van der Waals surface area contributed by atoms with Gasteiger partial charge >= 0.3 is 0 Å². The van der Waals surface area contributed by atoms with Gasteiger partial charge in [0.15, 0.2) is 11.5 Å². The van der Waals surface area contributed by atoms with Crippen molar-refractivity contribution in [2.45, 2.75) is 50.9 Å². The van der Waals surface area contributed by atoms with Gasteiger partial charge in [0.2, 0.25) is 5.95 Å². The number of ether oxygens (including phenoxy) is 3. The molecule has 0 aliphatic heterocycles. The van der Waals surface area contributed by atoms with Gasteiger partial charge < -0.3 is 29.7 Å². The maximum atomic E-state index is 6.24. The van der Waals surface area contributed by atoms with E-state index in [1.54, 1.807) is 14.2 Å². The highest BCUT2D eigenvalue weighted by molar-refractivity contribution is 5.90. The number of hydrogen-bond acceptors (Lipinski definition) is 8. The Morgan fingerprint density at radius 2 is 1.48 bits per heavy atom. The molecule has 2 N–H and O–H groups in total. The summed E-state index contributed by atoms with van der Waals surface area (Å²) in [5.41, 5.74) is 3.13. The molecule has 1 fully saturated rings. The lowest BCUT2D eigenvalue weighted by Crippen LogP contribution is -2.37. The second-order valence-electron chi connectivity index (χ2n) is 10.4. The number of aromatic nitrogens is 2. The summed E-state index contributed by atoms with van der Waals surface area (Å²) in [4.78, 5) is 11.7. The molecule has 4 aromatic rings. The SMILES string of the molecule is COc1cc(CN[C@H]2CC[C@@H](Nc3nc(N(C)C)c4ccccc4n3)CC2)c(OCc2ccccc2)cc1OC. The molecule has 1 aliphatic carbocycles. The highest BCUT2D eigenvalue weighted by Crippen LogP contribution is 2.35. The lowest BCUT2D eigenvalue weighted by Gasteiger charge is -2.30. The molecule has 0 amide bonds. The Bertz CT molecular complexity index is 1400. The van der Waals surface area contributed by atoms with Gasteiger partial charge in [-0.2, -0.15) is 4.98 Å². The number of nitrogens with one attached hydrogen (secondary N) is 2. The number of nitrogens with zero attached hydrogens (tertiary/aromatic N) is 3. The monoisotopic (exact) mass is 541 g/mol. The number of methoxy groups -OCH3 is 2. The van der Waals surface area contributed by atoms with Gasteiger partial charge in [0, 0.05) is 49.7 Å². The Morgan fingerprint density at radius 1 is 0.800 bits per heavy atom. The first kappa shape index (κ1) is 27.5. The zero-order valence-corrected chi connectivity index (χ0v) is 23.8. The van der Waals surface area contributed by atoms with E-state index in [2.05, 4.69) is 28.8 Å². The number of benzene rings is 3. The summed E-state index contributed by atoms with van der Waals surface area (Å²) < 4.78 is 17.4. The topological polar surface area (TPSA) is 80.8 Å². The van der Waals surface area contributed by atoms with Crippen molar-refractivity contribution in [3.05, 3.63) is 77.9 Å². The average Bonchev–Trinajstić information content (AvgIpc) is 2.99. The van der Waals surface area contributed by atoms with Crippen LogP contribution in [-0.4, -0.2) is 50.4 Å². The molecule has 40 heavy (non-hydrogen) atoms. The number of para-hydroxylation sites is 1. The fourth-order valence-electron chi connectivity index (χ4n) is 5.25. The lowest BCUT2D eigenvalue weighted by atomic mass is 9.91. The molecular weight excluding hydrogens is 502 g/mol. The Labute approximate surface area is 236 Å². The Morgan fingerprint density at radius 3 is 2.20 bits per heavy atom. The molecule has 0 saturated heterocycles. The van der Waals surface area contributed by atoms with Gasteiger partial charge in [-0.25, -0.2) is 4.98 Å². The third kappa shape index (κ3) is 6.57. The summed E-state index contributed by atoms with van der Waals surface area (Å²) in [5.74, 6) is 3.79. The summed E-state index contributed by atoms with van der Waals surface area (Å²) in [5, 5.41) is 8.42. The molecular formula is C32H39N5O3. The van der Waals surface area contributed by atoms with Crippen LogP contribution in [0.4, 0.5) is 11.8 Å². The molecule has 8 nitrogen and oxygen atoms in total. The minimum Gasteiger partial charge on any atom is -0.493 e. The average molecular weight is 542 g/mol. The van der Waals surface area contributed by atoms with Gasteiger partial charge in [0.1, 0.15) is 18.2 Å². The highest BCUT2D eigenvalue weighted by atomic mass is 16.5. The molecule has 1 heterocycles.